The van der Waals surface area contributed by atoms with Gasteiger partial charge in [-0.05, 0) is 12.8 Å². The topological polar surface area (TPSA) is 43.4 Å². The van der Waals surface area contributed by atoms with Gasteiger partial charge in [0.15, 0.2) is 0 Å². The molecular weight excluding hydrogens is 192 g/mol. The predicted octanol–water partition coefficient (Wildman–Crippen LogP) is 1.99. The van der Waals surface area contributed by atoms with Crippen LogP contribution in [0.15, 0.2) is 23.8 Å². The number of ether oxygens (including phenoxy) is 1. The second kappa shape index (κ2) is 4.01. The Bertz CT molecular complexity index is 352. The van der Waals surface area contributed by atoms with Gasteiger partial charge in [0, 0.05) is 0 Å². The van der Waals surface area contributed by atoms with Crippen molar-refractivity contribution in [1.29, 1.82) is 0 Å². The van der Waals surface area contributed by atoms with E-state index in [9.17, 15) is 9.59 Å². The normalized spacial score (nSPS) is 28.7. The lowest BCUT2D eigenvalue weighted by Gasteiger charge is -2.17. The lowest BCUT2D eigenvalue weighted by atomic mass is 9.82. The maximum atomic E-state index is 11.5. The number of fused-ring (bicyclic) bond motifs is 1. The molecule has 80 valence electrons. The Hall–Kier alpha value is -1.38. The summed E-state index contributed by atoms with van der Waals surface area (Å²) in [6, 6.07) is 0. The highest BCUT2D eigenvalue weighted by molar-refractivity contribution is 5.99. The predicted molar refractivity (Wildman–Crippen MR) is 54.8 cm³/mol. The number of unbranched alkanes of at least 4 members (excludes halogenated alkanes) is 1. The zero-order chi connectivity index (χ0) is 10.8. The molecule has 2 rings (SSSR count). The van der Waals surface area contributed by atoms with E-state index in [1.807, 2.05) is 12.2 Å². The molecule has 1 fully saturated rings. The lowest BCUT2D eigenvalue weighted by molar-refractivity contribution is -0.153. The van der Waals surface area contributed by atoms with E-state index in [0.29, 0.717) is 0 Å². The molecule has 0 bridgehead atoms. The summed E-state index contributed by atoms with van der Waals surface area (Å²) in [6.45, 7) is 2.11. The van der Waals surface area contributed by atoms with Gasteiger partial charge in [0.2, 0.25) is 0 Å². The third-order valence-electron chi connectivity index (χ3n) is 2.93. The van der Waals surface area contributed by atoms with Crippen LogP contribution in [0.4, 0.5) is 0 Å². The number of allylic oxidation sites excluding steroid dienone is 2. The highest BCUT2D eigenvalue weighted by Crippen LogP contribution is 2.36. The van der Waals surface area contributed by atoms with E-state index in [1.54, 1.807) is 6.08 Å². The third kappa shape index (κ3) is 1.74. The minimum absolute atomic E-state index is 0.339. The summed E-state index contributed by atoms with van der Waals surface area (Å²) in [5, 5.41) is 0. The minimum Gasteiger partial charge on any atom is -0.392 e. The monoisotopic (exact) mass is 206 g/mol. The molecule has 0 amide bonds. The van der Waals surface area contributed by atoms with E-state index >= 15 is 0 Å². The molecule has 3 heteroatoms. The number of carbonyl (C=O) groups excluding carboxylic acids is 2. The van der Waals surface area contributed by atoms with Gasteiger partial charge in [0.25, 0.3) is 0 Å². The van der Waals surface area contributed by atoms with Crippen LogP contribution in [0.3, 0.4) is 0 Å². The molecule has 3 nitrogen and oxygen atoms in total. The van der Waals surface area contributed by atoms with Crippen LogP contribution < -0.4 is 0 Å². The first-order chi connectivity index (χ1) is 7.24. The van der Waals surface area contributed by atoms with E-state index in [2.05, 4.69) is 11.7 Å². The van der Waals surface area contributed by atoms with Crippen molar-refractivity contribution in [3.05, 3.63) is 23.8 Å². The molecule has 1 aliphatic heterocycles. The molecule has 2 unspecified atom stereocenters. The van der Waals surface area contributed by atoms with Gasteiger partial charge in [0.05, 0.1) is 11.8 Å². The largest absolute Gasteiger partial charge is 0.392 e. The van der Waals surface area contributed by atoms with Crippen molar-refractivity contribution < 1.29 is 14.3 Å². The summed E-state index contributed by atoms with van der Waals surface area (Å²) in [7, 11) is 0. The molecule has 0 aromatic carbocycles. The molecule has 2 atom stereocenters. The molecule has 0 aromatic rings. The summed E-state index contributed by atoms with van der Waals surface area (Å²) < 4.78 is 4.65. The molecule has 0 spiro atoms. The Morgan fingerprint density at radius 1 is 1.33 bits per heavy atom. The van der Waals surface area contributed by atoms with Crippen molar-refractivity contribution in [3.63, 3.8) is 0 Å². The van der Waals surface area contributed by atoms with E-state index < -0.39 is 5.97 Å². The fourth-order valence-corrected chi connectivity index (χ4v) is 2.11. The second-order valence-electron chi connectivity index (χ2n) is 3.97. The third-order valence-corrected chi connectivity index (χ3v) is 2.93. The quantitative estimate of drug-likeness (QED) is 0.524. The molecule has 0 radical (unpaired) electrons. The Morgan fingerprint density at radius 2 is 2.13 bits per heavy atom. The van der Waals surface area contributed by atoms with E-state index in [1.165, 1.54) is 0 Å². The van der Waals surface area contributed by atoms with Crippen molar-refractivity contribution >= 4 is 11.9 Å². The van der Waals surface area contributed by atoms with Gasteiger partial charge in [-0.1, -0.05) is 37.1 Å². The van der Waals surface area contributed by atoms with Crippen molar-refractivity contribution in [2.75, 3.05) is 0 Å². The molecule has 0 saturated carbocycles. The van der Waals surface area contributed by atoms with E-state index in [-0.39, 0.29) is 17.8 Å². The number of hydrogen-bond acceptors (Lipinski definition) is 3. The average molecular weight is 206 g/mol. The highest BCUT2D eigenvalue weighted by Gasteiger charge is 2.45. The number of esters is 2. The number of rotatable bonds is 3. The lowest BCUT2D eigenvalue weighted by Crippen LogP contribution is -2.20. The van der Waals surface area contributed by atoms with Crippen LogP contribution in [0.1, 0.15) is 26.2 Å². The van der Waals surface area contributed by atoms with Crippen LogP contribution in [0, 0.1) is 11.8 Å². The summed E-state index contributed by atoms with van der Waals surface area (Å²) in [6.07, 6.45) is 8.56. The first kappa shape index (κ1) is 10.1. The fraction of sp³-hybridized carbons (Fsp3) is 0.500. The van der Waals surface area contributed by atoms with Crippen molar-refractivity contribution in [3.8, 4) is 0 Å². The van der Waals surface area contributed by atoms with Crippen LogP contribution >= 0.6 is 0 Å². The zero-order valence-corrected chi connectivity index (χ0v) is 8.73. The first-order valence-electron chi connectivity index (χ1n) is 5.37. The van der Waals surface area contributed by atoms with Crippen molar-refractivity contribution in [2.24, 2.45) is 11.8 Å². The van der Waals surface area contributed by atoms with Crippen LogP contribution in [0.2, 0.25) is 0 Å². The van der Waals surface area contributed by atoms with E-state index in [4.69, 9.17) is 0 Å². The van der Waals surface area contributed by atoms with Gasteiger partial charge in [-0.25, -0.2) is 0 Å². The van der Waals surface area contributed by atoms with Gasteiger partial charge < -0.3 is 4.74 Å². The summed E-state index contributed by atoms with van der Waals surface area (Å²) >= 11 is 0. The smallest absolute Gasteiger partial charge is 0.321 e. The Kier molecular flexibility index (Phi) is 2.71. The molecular formula is C12H14O3. The SMILES string of the molecule is CCCCC1=CC=CC2C(=O)OC(=O)C12. The van der Waals surface area contributed by atoms with Crippen LogP contribution in [0.5, 0.6) is 0 Å². The van der Waals surface area contributed by atoms with E-state index in [0.717, 1.165) is 24.8 Å². The molecule has 0 aromatic heterocycles. The van der Waals surface area contributed by atoms with Crippen LogP contribution in [-0.2, 0) is 14.3 Å². The van der Waals surface area contributed by atoms with Crippen LogP contribution in [0.25, 0.3) is 0 Å². The number of hydrogen-bond donors (Lipinski definition) is 0. The minimum atomic E-state index is -0.400. The highest BCUT2D eigenvalue weighted by atomic mass is 16.6. The summed E-state index contributed by atoms with van der Waals surface area (Å²) in [5.74, 6) is -1.48. The molecule has 2 aliphatic rings. The zero-order valence-electron chi connectivity index (χ0n) is 8.73. The van der Waals surface area contributed by atoms with Gasteiger partial charge in [-0.2, -0.15) is 0 Å². The maximum absolute atomic E-state index is 11.5. The Balaban J connectivity index is 2.18. The number of carbonyl (C=O) groups is 2. The van der Waals surface area contributed by atoms with Crippen molar-refractivity contribution in [1.82, 2.24) is 0 Å². The molecule has 1 aliphatic carbocycles. The molecule has 0 N–H and O–H groups in total. The van der Waals surface area contributed by atoms with Gasteiger partial charge in [-0.3, -0.25) is 9.59 Å². The maximum Gasteiger partial charge on any atom is 0.321 e. The van der Waals surface area contributed by atoms with Gasteiger partial charge in [-0.15, -0.1) is 0 Å². The Morgan fingerprint density at radius 3 is 2.87 bits per heavy atom. The average Bonchev–Trinajstić information content (AvgIpc) is 2.53. The number of cyclic esters (lactones) is 2. The van der Waals surface area contributed by atoms with Crippen molar-refractivity contribution in [2.45, 2.75) is 26.2 Å². The first-order valence-corrected chi connectivity index (χ1v) is 5.37. The molecule has 1 saturated heterocycles. The summed E-state index contributed by atoms with van der Waals surface area (Å²) in [4.78, 5) is 22.8. The van der Waals surface area contributed by atoms with Gasteiger partial charge in [0.1, 0.15) is 0 Å². The second-order valence-corrected chi connectivity index (χ2v) is 3.97. The standard InChI is InChI=1S/C12H14O3/c1-2-3-5-8-6-4-7-9-10(8)12(14)15-11(9)13/h4,6-7,9-10H,2-3,5H2,1H3. The Labute approximate surface area is 88.8 Å². The van der Waals surface area contributed by atoms with Gasteiger partial charge >= 0.3 is 11.9 Å². The molecule has 1 heterocycles. The molecule has 15 heavy (non-hydrogen) atoms. The van der Waals surface area contributed by atoms with Crippen LogP contribution in [-0.4, -0.2) is 11.9 Å². The fourth-order valence-electron chi connectivity index (χ4n) is 2.11. The summed E-state index contributed by atoms with van der Waals surface area (Å²) in [5.41, 5.74) is 1.04.